The highest BCUT2D eigenvalue weighted by Crippen LogP contribution is 2.11. The molecule has 0 aliphatic carbocycles. The molecule has 0 aliphatic heterocycles. The van der Waals surface area contributed by atoms with Crippen LogP contribution in [0.3, 0.4) is 0 Å². The summed E-state index contributed by atoms with van der Waals surface area (Å²) in [7, 11) is 1.63. The van der Waals surface area contributed by atoms with Crippen LogP contribution in [0.5, 0.6) is 5.75 Å². The van der Waals surface area contributed by atoms with E-state index in [2.05, 4.69) is 10.6 Å². The van der Waals surface area contributed by atoms with Crippen LogP contribution in [0.2, 0.25) is 0 Å². The van der Waals surface area contributed by atoms with Crippen molar-refractivity contribution in [3.05, 3.63) is 65.2 Å². The maximum atomic E-state index is 12.3. The molecule has 2 aromatic carbocycles. The first-order valence-corrected chi connectivity index (χ1v) is 8.31. The summed E-state index contributed by atoms with van der Waals surface area (Å²) in [6.07, 6.45) is 0.725. The summed E-state index contributed by atoms with van der Waals surface area (Å²) >= 11 is 0. The Hall–Kier alpha value is -2.82. The van der Waals surface area contributed by atoms with Crippen molar-refractivity contribution >= 4 is 11.8 Å². The summed E-state index contributed by atoms with van der Waals surface area (Å²) < 4.78 is 5.12. The van der Waals surface area contributed by atoms with Crippen molar-refractivity contribution in [3.8, 4) is 5.75 Å². The topological polar surface area (TPSA) is 67.4 Å². The molecule has 2 rings (SSSR count). The minimum atomic E-state index is -0.187. The van der Waals surface area contributed by atoms with Crippen LogP contribution in [0.15, 0.2) is 48.5 Å². The van der Waals surface area contributed by atoms with E-state index in [1.165, 1.54) is 0 Å². The van der Waals surface area contributed by atoms with Crippen molar-refractivity contribution in [2.24, 2.45) is 0 Å². The monoisotopic (exact) mass is 340 g/mol. The van der Waals surface area contributed by atoms with E-state index in [9.17, 15) is 9.59 Å². The van der Waals surface area contributed by atoms with Crippen molar-refractivity contribution in [1.82, 2.24) is 10.6 Å². The number of amides is 2. The standard InChI is InChI=1S/C20H24N2O3/c1-14(2)22-20(24)17-6-4-5-16(13-17)19(23)21-12-11-15-7-9-18(25-3)10-8-15/h4-10,13-14H,11-12H2,1-3H3,(H,21,23)(H,22,24). The summed E-state index contributed by atoms with van der Waals surface area (Å²) in [6, 6.07) is 14.5. The van der Waals surface area contributed by atoms with Crippen LogP contribution in [-0.2, 0) is 6.42 Å². The second kappa shape index (κ2) is 8.87. The van der Waals surface area contributed by atoms with Gasteiger partial charge in [-0.25, -0.2) is 0 Å². The van der Waals surface area contributed by atoms with Crippen LogP contribution >= 0.6 is 0 Å². The second-order valence-electron chi connectivity index (χ2n) is 6.06. The molecule has 0 saturated heterocycles. The fourth-order valence-corrected chi connectivity index (χ4v) is 2.36. The SMILES string of the molecule is COc1ccc(CCNC(=O)c2cccc(C(=O)NC(C)C)c2)cc1. The Bertz CT molecular complexity index is 724. The van der Waals surface area contributed by atoms with Gasteiger partial charge in [0.25, 0.3) is 11.8 Å². The highest BCUT2D eigenvalue weighted by Gasteiger charge is 2.11. The average molecular weight is 340 g/mol. The number of methoxy groups -OCH3 is 1. The van der Waals surface area contributed by atoms with Crippen LogP contribution in [0.25, 0.3) is 0 Å². The molecule has 0 radical (unpaired) electrons. The summed E-state index contributed by atoms with van der Waals surface area (Å²) in [5.41, 5.74) is 2.08. The Morgan fingerprint density at radius 1 is 1.00 bits per heavy atom. The molecule has 5 heteroatoms. The summed E-state index contributed by atoms with van der Waals surface area (Å²) in [5, 5.41) is 5.70. The normalized spacial score (nSPS) is 10.4. The van der Waals surface area contributed by atoms with Crippen molar-refractivity contribution in [3.63, 3.8) is 0 Å². The molecular formula is C20H24N2O3. The Balaban J connectivity index is 1.90. The third kappa shape index (κ3) is 5.64. The summed E-state index contributed by atoms with van der Waals surface area (Å²) in [5.74, 6) is 0.444. The van der Waals surface area contributed by atoms with Gasteiger partial charge in [0.05, 0.1) is 7.11 Å². The number of benzene rings is 2. The molecule has 2 amide bonds. The minimum absolute atomic E-state index is 0.0504. The average Bonchev–Trinajstić information content (AvgIpc) is 2.61. The molecule has 5 nitrogen and oxygen atoms in total. The van der Waals surface area contributed by atoms with E-state index in [4.69, 9.17) is 4.74 Å². The van der Waals surface area contributed by atoms with Gasteiger partial charge in [0.1, 0.15) is 5.75 Å². The lowest BCUT2D eigenvalue weighted by atomic mass is 10.1. The lowest BCUT2D eigenvalue weighted by Crippen LogP contribution is -2.30. The Labute approximate surface area is 148 Å². The van der Waals surface area contributed by atoms with Crippen LogP contribution in [0.1, 0.15) is 40.1 Å². The van der Waals surface area contributed by atoms with Crippen molar-refractivity contribution < 1.29 is 14.3 Å². The van der Waals surface area contributed by atoms with Gasteiger partial charge in [0.15, 0.2) is 0 Å². The van der Waals surface area contributed by atoms with Gasteiger partial charge in [0.2, 0.25) is 0 Å². The predicted molar refractivity (Wildman–Crippen MR) is 98.1 cm³/mol. The van der Waals surface area contributed by atoms with Gasteiger partial charge < -0.3 is 15.4 Å². The zero-order valence-corrected chi connectivity index (χ0v) is 14.8. The van der Waals surface area contributed by atoms with E-state index in [1.807, 2.05) is 38.1 Å². The number of carbonyl (C=O) groups excluding carboxylic acids is 2. The van der Waals surface area contributed by atoms with Crippen molar-refractivity contribution in [2.45, 2.75) is 26.3 Å². The van der Waals surface area contributed by atoms with Gasteiger partial charge in [-0.15, -0.1) is 0 Å². The molecule has 2 N–H and O–H groups in total. The molecule has 0 heterocycles. The van der Waals surface area contributed by atoms with E-state index in [-0.39, 0.29) is 17.9 Å². The highest BCUT2D eigenvalue weighted by atomic mass is 16.5. The Morgan fingerprint density at radius 2 is 1.64 bits per heavy atom. The minimum Gasteiger partial charge on any atom is -0.497 e. The van der Waals surface area contributed by atoms with E-state index in [1.54, 1.807) is 31.4 Å². The first-order valence-electron chi connectivity index (χ1n) is 8.31. The Kier molecular flexibility index (Phi) is 6.57. The molecule has 25 heavy (non-hydrogen) atoms. The molecule has 0 unspecified atom stereocenters. The van der Waals surface area contributed by atoms with E-state index in [0.717, 1.165) is 17.7 Å². The van der Waals surface area contributed by atoms with Crippen LogP contribution in [0.4, 0.5) is 0 Å². The van der Waals surface area contributed by atoms with Gasteiger partial charge >= 0.3 is 0 Å². The van der Waals surface area contributed by atoms with E-state index in [0.29, 0.717) is 17.7 Å². The first-order chi connectivity index (χ1) is 12.0. The fourth-order valence-electron chi connectivity index (χ4n) is 2.36. The van der Waals surface area contributed by atoms with Gasteiger partial charge in [-0.2, -0.15) is 0 Å². The quantitative estimate of drug-likeness (QED) is 0.814. The molecule has 0 aliphatic rings. The molecular weight excluding hydrogens is 316 g/mol. The number of carbonyl (C=O) groups is 2. The number of hydrogen-bond donors (Lipinski definition) is 2. The van der Waals surface area contributed by atoms with Gasteiger partial charge in [0, 0.05) is 23.7 Å². The second-order valence-corrected chi connectivity index (χ2v) is 6.06. The third-order valence-corrected chi connectivity index (χ3v) is 3.67. The lowest BCUT2D eigenvalue weighted by molar-refractivity contribution is 0.0943. The zero-order chi connectivity index (χ0) is 18.2. The molecule has 132 valence electrons. The third-order valence-electron chi connectivity index (χ3n) is 3.67. The van der Waals surface area contributed by atoms with Gasteiger partial charge in [-0.1, -0.05) is 18.2 Å². The fraction of sp³-hybridized carbons (Fsp3) is 0.300. The smallest absolute Gasteiger partial charge is 0.251 e. The summed E-state index contributed by atoms with van der Waals surface area (Å²) in [4.78, 5) is 24.3. The first kappa shape index (κ1) is 18.5. The number of nitrogens with one attached hydrogen (secondary N) is 2. The molecule has 0 atom stereocenters. The van der Waals surface area contributed by atoms with Crippen molar-refractivity contribution in [1.29, 1.82) is 0 Å². The molecule has 0 saturated carbocycles. The zero-order valence-electron chi connectivity index (χ0n) is 14.8. The number of hydrogen-bond acceptors (Lipinski definition) is 3. The molecule has 0 aromatic heterocycles. The Morgan fingerprint density at radius 3 is 2.24 bits per heavy atom. The largest absolute Gasteiger partial charge is 0.497 e. The molecule has 0 fully saturated rings. The van der Waals surface area contributed by atoms with E-state index < -0.39 is 0 Å². The number of rotatable bonds is 7. The van der Waals surface area contributed by atoms with Gasteiger partial charge in [-0.3, -0.25) is 9.59 Å². The van der Waals surface area contributed by atoms with Crippen molar-refractivity contribution in [2.75, 3.05) is 13.7 Å². The maximum Gasteiger partial charge on any atom is 0.251 e. The lowest BCUT2D eigenvalue weighted by Gasteiger charge is -2.10. The summed E-state index contributed by atoms with van der Waals surface area (Å²) in [6.45, 7) is 4.31. The van der Waals surface area contributed by atoms with E-state index >= 15 is 0 Å². The van der Waals surface area contributed by atoms with Gasteiger partial charge in [-0.05, 0) is 56.2 Å². The molecule has 0 spiro atoms. The predicted octanol–water partition coefficient (Wildman–Crippen LogP) is 2.81. The molecule has 0 bridgehead atoms. The van der Waals surface area contributed by atoms with Crippen LogP contribution in [-0.4, -0.2) is 31.5 Å². The maximum absolute atomic E-state index is 12.3. The highest BCUT2D eigenvalue weighted by molar-refractivity contribution is 5.99. The molecule has 2 aromatic rings. The van der Waals surface area contributed by atoms with Crippen LogP contribution < -0.4 is 15.4 Å². The van der Waals surface area contributed by atoms with Crippen LogP contribution in [0, 0.1) is 0 Å². The number of ether oxygens (including phenoxy) is 1.